The van der Waals surface area contributed by atoms with Crippen LogP contribution < -0.4 is 0 Å². The standard InChI is InChI=1S/C21H33BrO2.C21H34O2.CI2S.CH2S/c1-20(24)9-7-14-13(11-20)3-4-16-15(14)8-10-21(2)17(16)5-6-18(21)19(23)12-22;1-13(22)18-6-7-19-17-5-4-14-12-20(2,23)10-8-15(14)16(17)9-11-21(18,19)3;2-1(3)4;1-2/h13-18,24H,3-12H2,1-2H3;14-19,23H,4-12H2,1-3H3;;1H2/t13-,14+,15-,16-,17+,18-,20-,21+;14-,15+,16-,17-,18-,19+,20-,21-;;/m11../s1. The summed E-state index contributed by atoms with van der Waals surface area (Å²) in [7, 11) is 0. The third-order valence-corrected chi connectivity index (χ3v) is 18.0. The van der Waals surface area contributed by atoms with Crippen LogP contribution in [0.4, 0.5) is 0 Å². The first-order valence-electron chi connectivity index (χ1n) is 21.1. The van der Waals surface area contributed by atoms with Gasteiger partial charge in [-0.25, -0.2) is 0 Å². The summed E-state index contributed by atoms with van der Waals surface area (Å²) in [5.74, 6) is 12.6. The first kappa shape index (κ1) is 45.5. The number of thiocarbonyl (C=S) groups is 2. The third-order valence-electron chi connectivity index (χ3n) is 17.5. The van der Waals surface area contributed by atoms with Crippen molar-refractivity contribution in [2.75, 3.05) is 5.33 Å². The highest BCUT2D eigenvalue weighted by Crippen LogP contribution is 2.66. The third kappa shape index (κ3) is 9.56. The fourth-order valence-corrected chi connectivity index (χ4v) is 15.8. The van der Waals surface area contributed by atoms with Crippen molar-refractivity contribution in [2.24, 2.45) is 81.8 Å². The number of aliphatic hydroxyl groups is 2. The quantitative estimate of drug-likeness (QED) is 0.127. The summed E-state index contributed by atoms with van der Waals surface area (Å²) in [6.07, 6.45) is 21.8. The predicted octanol–water partition coefficient (Wildman–Crippen LogP) is 12.3. The SMILES string of the molecule is C=S.CC(=O)[C@H]1CC[C@H]2[C@@H]3CC[C@@H]4C[C@](C)(O)CC[C@@H]4[C@H]3CC[C@]12C.C[C@@]1(O)CC[C@H]2[C@H](CC[C@@H]3[C@@H]2CC[C@]2(C)[C@@H](C(=O)CBr)CC[C@@H]32)C1.S=C(I)I. The second-order valence-corrected chi connectivity index (χ2v) is 26.8. The van der Waals surface area contributed by atoms with Gasteiger partial charge in [0.25, 0.3) is 0 Å². The van der Waals surface area contributed by atoms with Crippen LogP contribution in [-0.2, 0) is 9.59 Å². The topological polar surface area (TPSA) is 74.6 Å². The monoisotopic (exact) mass is 1060 g/mol. The van der Waals surface area contributed by atoms with Crippen molar-refractivity contribution in [1.82, 2.24) is 0 Å². The molecule has 0 aliphatic heterocycles. The Kier molecular flexibility index (Phi) is 15.7. The van der Waals surface area contributed by atoms with Crippen molar-refractivity contribution < 1.29 is 19.8 Å². The lowest BCUT2D eigenvalue weighted by Gasteiger charge is -2.56. The lowest BCUT2D eigenvalue weighted by atomic mass is 9.49. The van der Waals surface area contributed by atoms with Gasteiger partial charge < -0.3 is 10.2 Å². The van der Waals surface area contributed by atoms with E-state index in [1.807, 2.05) is 20.8 Å². The largest absolute Gasteiger partial charge is 0.390 e. The van der Waals surface area contributed by atoms with Crippen LogP contribution in [0.1, 0.15) is 150 Å². The molecule has 8 aliphatic carbocycles. The fraction of sp³-hybridized carbons (Fsp3) is 0.909. The van der Waals surface area contributed by atoms with E-state index in [1.165, 1.54) is 77.0 Å². The van der Waals surface area contributed by atoms with Crippen LogP contribution in [0.2, 0.25) is 0 Å². The van der Waals surface area contributed by atoms with E-state index in [1.54, 1.807) is 0 Å². The number of Topliss-reactive ketones (excluding diaryl/α,β-unsaturated/α-hetero) is 2. The lowest BCUT2D eigenvalue weighted by molar-refractivity contribution is -0.130. The highest BCUT2D eigenvalue weighted by atomic mass is 127. The van der Waals surface area contributed by atoms with Crippen molar-refractivity contribution in [3.8, 4) is 0 Å². The average molecular weight is 1060 g/mol. The van der Waals surface area contributed by atoms with Gasteiger partial charge in [0, 0.05) is 11.8 Å². The van der Waals surface area contributed by atoms with Gasteiger partial charge in [-0.3, -0.25) is 9.59 Å². The van der Waals surface area contributed by atoms with Gasteiger partial charge in [-0.05, 0) is 257 Å². The van der Waals surface area contributed by atoms with Crippen LogP contribution in [0, 0.1) is 81.8 Å². The molecule has 53 heavy (non-hydrogen) atoms. The molecule has 8 fully saturated rings. The molecule has 0 unspecified atom stereocenters. The Labute approximate surface area is 368 Å². The average Bonchev–Trinajstić information content (AvgIpc) is 3.64. The smallest absolute Gasteiger partial charge is 0.147 e. The Morgan fingerprint density at radius 2 is 1.00 bits per heavy atom. The molecule has 8 aliphatic rings. The molecule has 0 spiro atoms. The van der Waals surface area contributed by atoms with Gasteiger partial charge in [0.15, 0.2) is 0 Å². The zero-order valence-corrected chi connectivity index (χ0v) is 40.8. The van der Waals surface area contributed by atoms with Crippen LogP contribution in [0.15, 0.2) is 0 Å². The maximum absolute atomic E-state index is 12.5. The summed E-state index contributed by atoms with van der Waals surface area (Å²) in [6, 6.07) is 0. The molecule has 0 amide bonds. The molecule has 8 saturated carbocycles. The van der Waals surface area contributed by atoms with E-state index in [4.69, 9.17) is 0 Å². The molecule has 0 heterocycles. The van der Waals surface area contributed by atoms with E-state index in [-0.39, 0.29) is 5.41 Å². The summed E-state index contributed by atoms with van der Waals surface area (Å²) in [5, 5.41) is 21.5. The van der Waals surface area contributed by atoms with E-state index in [2.05, 4.69) is 105 Å². The van der Waals surface area contributed by atoms with E-state index in [9.17, 15) is 19.8 Å². The van der Waals surface area contributed by atoms with Gasteiger partial charge in [-0.15, -0.1) is 0 Å². The molecule has 0 aromatic heterocycles. The fourth-order valence-electron chi connectivity index (χ4n) is 15.5. The van der Waals surface area contributed by atoms with Gasteiger partial charge in [-0.2, -0.15) is 0 Å². The van der Waals surface area contributed by atoms with Crippen molar-refractivity contribution >= 4 is 104 Å². The van der Waals surface area contributed by atoms with Crippen LogP contribution in [0.25, 0.3) is 0 Å². The number of rotatable bonds is 3. The molecule has 0 saturated heterocycles. The second-order valence-electron chi connectivity index (χ2n) is 20.1. The Hall–Kier alpha value is 1.38. The molecule has 0 aromatic rings. The number of halogens is 3. The molecule has 8 rings (SSSR count). The molecule has 302 valence electrons. The minimum absolute atomic E-state index is 0.263. The summed E-state index contributed by atoms with van der Waals surface area (Å²) < 4.78 is 0.940. The lowest BCUT2D eigenvalue weighted by Crippen LogP contribution is -2.51. The highest BCUT2D eigenvalue weighted by molar-refractivity contribution is 14.2. The number of carbonyl (C=O) groups excluding carboxylic acids is 2. The molecule has 16 atom stereocenters. The van der Waals surface area contributed by atoms with Gasteiger partial charge in [0.1, 0.15) is 12.4 Å². The number of hydrogen-bond acceptors (Lipinski definition) is 6. The normalized spacial score (nSPS) is 49.1. The van der Waals surface area contributed by atoms with E-state index >= 15 is 0 Å². The van der Waals surface area contributed by atoms with Gasteiger partial charge >= 0.3 is 0 Å². The number of alkyl halides is 1. The second kappa shape index (κ2) is 18.3. The van der Waals surface area contributed by atoms with Crippen molar-refractivity contribution in [1.29, 1.82) is 0 Å². The molecule has 4 nitrogen and oxygen atoms in total. The molecule has 2 N–H and O–H groups in total. The number of carbonyl (C=O) groups is 2. The van der Waals surface area contributed by atoms with Crippen molar-refractivity contribution in [3.63, 3.8) is 0 Å². The van der Waals surface area contributed by atoms with Gasteiger partial charge in [0.05, 0.1) is 16.5 Å². The van der Waals surface area contributed by atoms with Crippen LogP contribution in [-0.4, -0.2) is 45.1 Å². The zero-order chi connectivity index (χ0) is 39.1. The van der Waals surface area contributed by atoms with Crippen LogP contribution in [0.3, 0.4) is 0 Å². The minimum Gasteiger partial charge on any atom is -0.390 e. The Bertz CT molecular complexity index is 1320. The predicted molar refractivity (Wildman–Crippen MR) is 247 cm³/mol. The zero-order valence-electron chi connectivity index (χ0n) is 33.2. The molecule has 0 radical (unpaired) electrons. The molecule has 9 heteroatoms. The maximum Gasteiger partial charge on any atom is 0.147 e. The molecular weight excluding hydrogens is 990 g/mol. The first-order chi connectivity index (χ1) is 24.9. The van der Waals surface area contributed by atoms with Crippen molar-refractivity contribution in [3.05, 3.63) is 0 Å². The van der Waals surface area contributed by atoms with Crippen molar-refractivity contribution in [2.45, 2.75) is 161 Å². The summed E-state index contributed by atoms with van der Waals surface area (Å²) >= 11 is 15.9. The van der Waals surface area contributed by atoms with E-state index < -0.39 is 11.2 Å². The van der Waals surface area contributed by atoms with E-state index in [0.29, 0.717) is 34.1 Å². The maximum atomic E-state index is 12.5. The Morgan fingerprint density at radius 3 is 1.40 bits per heavy atom. The van der Waals surface area contributed by atoms with Gasteiger partial charge in [-0.1, -0.05) is 54.2 Å². The number of ketones is 2. The molecule has 0 bridgehead atoms. The minimum atomic E-state index is -0.419. The summed E-state index contributed by atoms with van der Waals surface area (Å²) in [5.41, 5.74) is -0.277. The van der Waals surface area contributed by atoms with Gasteiger partial charge in [0.2, 0.25) is 0 Å². The first-order valence-corrected chi connectivity index (χ1v) is 25.3. The van der Waals surface area contributed by atoms with Crippen LogP contribution in [0.5, 0.6) is 0 Å². The summed E-state index contributed by atoms with van der Waals surface area (Å²) in [4.78, 5) is 24.6. The summed E-state index contributed by atoms with van der Waals surface area (Å²) in [6.45, 7) is 10.8. The Balaban J connectivity index is 0.000000178. The van der Waals surface area contributed by atoms with Crippen LogP contribution >= 0.6 is 85.5 Å². The Morgan fingerprint density at radius 1 is 0.623 bits per heavy atom. The number of hydrogen-bond donors (Lipinski definition) is 2. The van der Waals surface area contributed by atoms with E-state index in [0.717, 1.165) is 98.6 Å². The molecule has 0 aromatic carbocycles. The highest BCUT2D eigenvalue weighted by Gasteiger charge is 2.60. The number of fused-ring (bicyclic) bond motifs is 10. The molecular formula is C44H69BrI2O4S2.